The Morgan fingerprint density at radius 1 is 0.900 bits per heavy atom. The smallest absolute Gasteiger partial charge is 0.271 e. The fraction of sp³-hybridized carbons (Fsp3) is 0.156. The van der Waals surface area contributed by atoms with Gasteiger partial charge in [0.25, 0.3) is 11.8 Å². The van der Waals surface area contributed by atoms with Crippen molar-refractivity contribution in [3.8, 4) is 5.75 Å². The molecule has 2 N–H and O–H groups in total. The van der Waals surface area contributed by atoms with Gasteiger partial charge in [0.15, 0.2) is 6.61 Å². The normalized spacial score (nSPS) is 13.0. The summed E-state index contributed by atoms with van der Waals surface area (Å²) in [5.41, 5.74) is 8.31. The molecule has 5 rings (SSSR count). The van der Waals surface area contributed by atoms with Gasteiger partial charge in [0.05, 0.1) is 6.21 Å². The first-order chi connectivity index (χ1) is 19.5. The maximum Gasteiger partial charge on any atom is 0.271 e. The Balaban J connectivity index is 1.05. The summed E-state index contributed by atoms with van der Waals surface area (Å²) in [6.45, 7) is 2.61. The Labute approximate surface area is 232 Å². The number of amides is 2. The Hall–Kier alpha value is -4.82. The minimum atomic E-state index is -0.373. The molecule has 0 aliphatic carbocycles. The molecule has 1 aliphatic rings. The molecule has 2 amide bonds. The number of ether oxygens (including phenoxy) is 1. The van der Waals surface area contributed by atoms with Crippen LogP contribution in [0.25, 0.3) is 0 Å². The number of hydrogen-bond acceptors (Lipinski definition) is 5. The second-order valence-corrected chi connectivity index (χ2v) is 9.54. The van der Waals surface area contributed by atoms with Crippen molar-refractivity contribution in [3.63, 3.8) is 0 Å². The standard InChI is InChI=1S/C32H29FN4O3/c33-28-11-13-29(14-12-28)35-31(38)22-40-30-15-7-23(8-16-30)19-34-36-32(39)26-9-5-24(6-10-26)20-37-18-17-25-3-1-2-4-27(25)21-37/h1-16,19H,17-18,20-22H2,(H,35,38)(H,36,39). The van der Waals surface area contributed by atoms with Crippen LogP contribution in [0.5, 0.6) is 5.75 Å². The van der Waals surface area contributed by atoms with Gasteiger partial charge < -0.3 is 10.1 Å². The van der Waals surface area contributed by atoms with Crippen molar-refractivity contribution in [3.05, 3.63) is 131 Å². The molecule has 0 fully saturated rings. The molecule has 202 valence electrons. The largest absolute Gasteiger partial charge is 0.484 e. The Morgan fingerprint density at radius 3 is 2.38 bits per heavy atom. The summed E-state index contributed by atoms with van der Waals surface area (Å²) in [5.74, 6) is -0.515. The molecule has 7 nitrogen and oxygen atoms in total. The van der Waals surface area contributed by atoms with E-state index >= 15 is 0 Å². The molecule has 0 saturated heterocycles. The maximum atomic E-state index is 13.0. The monoisotopic (exact) mass is 536 g/mol. The highest BCUT2D eigenvalue weighted by Crippen LogP contribution is 2.20. The van der Waals surface area contributed by atoms with Gasteiger partial charge in [-0.1, -0.05) is 36.4 Å². The summed E-state index contributed by atoms with van der Waals surface area (Å²) in [6, 6.07) is 28.6. The average molecular weight is 537 g/mol. The van der Waals surface area contributed by atoms with Gasteiger partial charge >= 0.3 is 0 Å². The van der Waals surface area contributed by atoms with E-state index in [4.69, 9.17) is 4.74 Å². The first-order valence-electron chi connectivity index (χ1n) is 13.0. The Kier molecular flexibility index (Phi) is 8.58. The lowest BCUT2D eigenvalue weighted by atomic mass is 9.99. The molecular formula is C32H29FN4O3. The fourth-order valence-corrected chi connectivity index (χ4v) is 4.47. The molecule has 0 saturated carbocycles. The predicted molar refractivity (Wildman–Crippen MR) is 153 cm³/mol. The van der Waals surface area contributed by atoms with Crippen LogP contribution in [-0.2, 0) is 24.3 Å². The van der Waals surface area contributed by atoms with Gasteiger partial charge in [-0.25, -0.2) is 9.82 Å². The van der Waals surface area contributed by atoms with Crippen LogP contribution in [-0.4, -0.2) is 36.1 Å². The van der Waals surface area contributed by atoms with Gasteiger partial charge in [0, 0.05) is 30.9 Å². The summed E-state index contributed by atoms with van der Waals surface area (Å²) in [5, 5.41) is 6.68. The molecule has 0 atom stereocenters. The number of nitrogens with one attached hydrogen (secondary N) is 2. The Morgan fingerprint density at radius 2 is 1.62 bits per heavy atom. The zero-order chi connectivity index (χ0) is 27.7. The number of halogens is 1. The van der Waals surface area contributed by atoms with E-state index in [1.54, 1.807) is 24.3 Å². The van der Waals surface area contributed by atoms with Crippen molar-refractivity contribution in [2.24, 2.45) is 5.10 Å². The third-order valence-electron chi connectivity index (χ3n) is 6.59. The second kappa shape index (κ2) is 12.8. The third-order valence-corrected chi connectivity index (χ3v) is 6.59. The minimum absolute atomic E-state index is 0.189. The van der Waals surface area contributed by atoms with Crippen LogP contribution in [0.4, 0.5) is 10.1 Å². The maximum absolute atomic E-state index is 13.0. The number of nitrogens with zero attached hydrogens (tertiary/aromatic N) is 2. The van der Waals surface area contributed by atoms with E-state index in [-0.39, 0.29) is 24.2 Å². The van der Waals surface area contributed by atoms with Gasteiger partial charge in [-0.05, 0) is 89.3 Å². The van der Waals surface area contributed by atoms with Gasteiger partial charge in [-0.15, -0.1) is 0 Å². The number of hydrogen-bond donors (Lipinski definition) is 2. The second-order valence-electron chi connectivity index (χ2n) is 9.54. The lowest BCUT2D eigenvalue weighted by molar-refractivity contribution is -0.118. The number of carbonyl (C=O) groups excluding carboxylic acids is 2. The van der Waals surface area contributed by atoms with Gasteiger partial charge in [-0.3, -0.25) is 14.5 Å². The summed E-state index contributed by atoms with van der Waals surface area (Å²) in [6.07, 6.45) is 2.59. The lowest BCUT2D eigenvalue weighted by Crippen LogP contribution is -2.30. The number of anilines is 1. The molecule has 0 bridgehead atoms. The van der Waals surface area contributed by atoms with Crippen molar-refractivity contribution >= 4 is 23.7 Å². The van der Waals surface area contributed by atoms with E-state index in [0.717, 1.165) is 37.2 Å². The van der Waals surface area contributed by atoms with Gasteiger partial charge in [-0.2, -0.15) is 5.10 Å². The van der Waals surface area contributed by atoms with Crippen LogP contribution in [0.1, 0.15) is 32.6 Å². The molecule has 8 heteroatoms. The van der Waals surface area contributed by atoms with Crippen LogP contribution in [0.3, 0.4) is 0 Å². The topological polar surface area (TPSA) is 83.0 Å². The van der Waals surface area contributed by atoms with E-state index in [1.807, 2.05) is 24.3 Å². The zero-order valence-electron chi connectivity index (χ0n) is 21.8. The van der Waals surface area contributed by atoms with Crippen molar-refractivity contribution in [2.45, 2.75) is 19.5 Å². The fourth-order valence-electron chi connectivity index (χ4n) is 4.47. The number of rotatable bonds is 9. The predicted octanol–water partition coefficient (Wildman–Crippen LogP) is 5.17. The lowest BCUT2D eigenvalue weighted by Gasteiger charge is -2.28. The van der Waals surface area contributed by atoms with E-state index < -0.39 is 0 Å². The molecule has 1 aliphatic heterocycles. The highest BCUT2D eigenvalue weighted by Gasteiger charge is 2.16. The summed E-state index contributed by atoms with van der Waals surface area (Å²) >= 11 is 0. The zero-order valence-corrected chi connectivity index (χ0v) is 21.8. The van der Waals surface area contributed by atoms with Crippen LogP contribution < -0.4 is 15.5 Å². The first-order valence-corrected chi connectivity index (χ1v) is 13.0. The molecule has 0 unspecified atom stereocenters. The highest BCUT2D eigenvalue weighted by atomic mass is 19.1. The van der Waals surface area contributed by atoms with Crippen molar-refractivity contribution in [1.82, 2.24) is 10.3 Å². The molecule has 0 aromatic heterocycles. The summed E-state index contributed by atoms with van der Waals surface area (Å²) < 4.78 is 18.5. The van der Waals surface area contributed by atoms with Crippen LogP contribution in [0.15, 0.2) is 102 Å². The van der Waals surface area contributed by atoms with Crippen LogP contribution in [0.2, 0.25) is 0 Å². The quantitative estimate of drug-likeness (QED) is 0.229. The first kappa shape index (κ1) is 26.8. The van der Waals surface area contributed by atoms with Gasteiger partial charge in [0.2, 0.25) is 0 Å². The van der Waals surface area contributed by atoms with Crippen molar-refractivity contribution < 1.29 is 18.7 Å². The van der Waals surface area contributed by atoms with Crippen LogP contribution in [0, 0.1) is 5.82 Å². The molecule has 1 heterocycles. The minimum Gasteiger partial charge on any atom is -0.484 e. The molecule has 4 aromatic carbocycles. The van der Waals surface area contributed by atoms with Gasteiger partial charge in [0.1, 0.15) is 11.6 Å². The van der Waals surface area contributed by atoms with E-state index in [2.05, 4.69) is 45.0 Å². The van der Waals surface area contributed by atoms with Crippen molar-refractivity contribution in [1.29, 1.82) is 0 Å². The third kappa shape index (κ3) is 7.39. The van der Waals surface area contributed by atoms with E-state index in [9.17, 15) is 14.0 Å². The SMILES string of the molecule is O=C(COc1ccc(C=NNC(=O)c2ccc(CN3CCc4ccccc4C3)cc2)cc1)Nc1ccc(F)cc1. The van der Waals surface area contributed by atoms with E-state index in [1.165, 1.54) is 41.6 Å². The summed E-state index contributed by atoms with van der Waals surface area (Å²) in [4.78, 5) is 26.9. The number of hydrazone groups is 1. The molecule has 4 aromatic rings. The molecule has 0 spiro atoms. The average Bonchev–Trinajstić information content (AvgIpc) is 2.98. The highest BCUT2D eigenvalue weighted by molar-refractivity contribution is 5.95. The molecular weight excluding hydrogens is 507 g/mol. The van der Waals surface area contributed by atoms with Crippen molar-refractivity contribution in [2.75, 3.05) is 18.5 Å². The number of benzene rings is 4. The molecule has 40 heavy (non-hydrogen) atoms. The Bertz CT molecular complexity index is 1490. The number of carbonyl (C=O) groups is 2. The molecule has 0 radical (unpaired) electrons. The van der Waals surface area contributed by atoms with Crippen LogP contribution >= 0.6 is 0 Å². The number of fused-ring (bicyclic) bond motifs is 1. The van der Waals surface area contributed by atoms with E-state index in [0.29, 0.717) is 17.0 Å². The summed E-state index contributed by atoms with van der Waals surface area (Å²) in [7, 11) is 0.